The Labute approximate surface area is 71.1 Å². The van der Waals surface area contributed by atoms with Gasteiger partial charge in [-0.3, -0.25) is 0 Å². The van der Waals surface area contributed by atoms with Gasteiger partial charge in [0.25, 0.3) is 0 Å². The van der Waals surface area contributed by atoms with Crippen LogP contribution in [0.25, 0.3) is 0 Å². The van der Waals surface area contributed by atoms with Gasteiger partial charge in [-0.25, -0.2) is 0 Å². The van der Waals surface area contributed by atoms with Crippen LogP contribution in [0.1, 0.15) is 0 Å². The van der Waals surface area contributed by atoms with Crippen LogP contribution < -0.4 is 0 Å². The van der Waals surface area contributed by atoms with E-state index < -0.39 is 0 Å². The number of hydrogen-bond acceptors (Lipinski definition) is 1. The lowest BCUT2D eigenvalue weighted by Gasteiger charge is -2.06. The van der Waals surface area contributed by atoms with Crippen molar-refractivity contribution in [1.82, 2.24) is 0 Å². The van der Waals surface area contributed by atoms with Crippen molar-refractivity contribution in [2.75, 3.05) is 0 Å². The minimum atomic E-state index is 0.317. The molecule has 0 heterocycles. The van der Waals surface area contributed by atoms with Crippen LogP contribution in [0.3, 0.4) is 0 Å². The Kier molecular flexibility index (Phi) is 2.30. The summed E-state index contributed by atoms with van der Waals surface area (Å²) >= 11 is 11.3. The largest absolute Gasteiger partial charge is 0.301 e. The van der Waals surface area contributed by atoms with Gasteiger partial charge >= 0.3 is 0 Å². The van der Waals surface area contributed by atoms with Crippen LogP contribution in [0.5, 0.6) is 0 Å². The summed E-state index contributed by atoms with van der Waals surface area (Å²) in [5, 5.41) is 8.75. The Balaban J connectivity index is 3.05. The molecule has 1 aliphatic rings. The first-order chi connectivity index (χ1) is 4.61. The standard InChI is InChI=1S/C6H4Cl2NP/c7-4-1-3(9)2-5(8)6(4)10/h1-2,9-10H. The zero-order valence-electron chi connectivity index (χ0n) is 4.91. The lowest BCUT2D eigenvalue weighted by Crippen LogP contribution is -2.04. The topological polar surface area (TPSA) is 23.9 Å². The lowest BCUT2D eigenvalue weighted by atomic mass is 10.2. The van der Waals surface area contributed by atoms with E-state index in [1.807, 2.05) is 0 Å². The van der Waals surface area contributed by atoms with Gasteiger partial charge < -0.3 is 5.41 Å². The van der Waals surface area contributed by atoms with Crippen LogP contribution in [0, 0.1) is 5.41 Å². The Bertz CT molecular complexity index is 241. The molecule has 4 heteroatoms. The third-order valence-corrected chi connectivity index (χ3v) is 2.49. The number of rotatable bonds is 0. The molecule has 0 aromatic heterocycles. The molecular formula is C6H4Cl2NP. The molecule has 10 heavy (non-hydrogen) atoms. The van der Waals surface area contributed by atoms with E-state index in [0.29, 0.717) is 21.1 Å². The molecule has 0 saturated carbocycles. The van der Waals surface area contributed by atoms with Gasteiger partial charge in [0.05, 0.1) is 15.8 Å². The van der Waals surface area contributed by atoms with Gasteiger partial charge in [-0.05, 0) is 12.2 Å². The molecule has 0 spiro atoms. The molecule has 1 N–H and O–H groups in total. The predicted molar refractivity (Wildman–Crippen MR) is 48.9 cm³/mol. The normalized spacial score (nSPS) is 18.6. The Hall–Kier alpha value is -0.100. The highest BCUT2D eigenvalue weighted by atomic mass is 35.5. The van der Waals surface area contributed by atoms with Crippen LogP contribution in [-0.2, 0) is 0 Å². The Morgan fingerprint density at radius 3 is 2.00 bits per heavy atom. The Morgan fingerprint density at radius 2 is 1.60 bits per heavy atom. The summed E-state index contributed by atoms with van der Waals surface area (Å²) in [6.07, 6.45) is 3.05. The van der Waals surface area contributed by atoms with Crippen LogP contribution in [-0.4, -0.2) is 11.0 Å². The molecule has 0 bridgehead atoms. The van der Waals surface area contributed by atoms with Gasteiger partial charge in [-0.2, -0.15) is 0 Å². The summed E-state index contributed by atoms with van der Waals surface area (Å²) in [7, 11) is 3.22. The van der Waals surface area contributed by atoms with Crippen LogP contribution in [0.2, 0.25) is 0 Å². The maximum Gasteiger partial charge on any atom is 0.0570 e. The maximum atomic E-state index is 7.18. The van der Waals surface area contributed by atoms with Crippen molar-refractivity contribution in [2.45, 2.75) is 0 Å². The molecule has 0 fully saturated rings. The van der Waals surface area contributed by atoms with E-state index >= 15 is 0 Å². The molecule has 0 atom stereocenters. The van der Waals surface area contributed by atoms with E-state index in [9.17, 15) is 0 Å². The Morgan fingerprint density at radius 1 is 1.20 bits per heavy atom. The van der Waals surface area contributed by atoms with E-state index in [0.717, 1.165) is 0 Å². The molecule has 0 aromatic carbocycles. The molecule has 0 saturated heterocycles. The minimum absolute atomic E-state index is 0.317. The summed E-state index contributed by atoms with van der Waals surface area (Å²) in [6.45, 7) is 0. The van der Waals surface area contributed by atoms with E-state index in [1.165, 1.54) is 12.2 Å². The van der Waals surface area contributed by atoms with E-state index in [2.05, 4.69) is 8.86 Å². The van der Waals surface area contributed by atoms with E-state index in [-0.39, 0.29) is 0 Å². The monoisotopic (exact) mass is 191 g/mol. The smallest absolute Gasteiger partial charge is 0.0570 e. The summed E-state index contributed by atoms with van der Waals surface area (Å²) in [5.41, 5.74) is 0.317. The van der Waals surface area contributed by atoms with Crippen molar-refractivity contribution in [3.05, 3.63) is 22.2 Å². The van der Waals surface area contributed by atoms with Gasteiger partial charge in [-0.15, -0.1) is 8.86 Å². The third kappa shape index (κ3) is 1.49. The van der Waals surface area contributed by atoms with Crippen molar-refractivity contribution in [3.63, 3.8) is 0 Å². The maximum absolute atomic E-state index is 7.18. The van der Waals surface area contributed by atoms with E-state index in [4.69, 9.17) is 28.6 Å². The number of hydrogen-bond donors (Lipinski definition) is 1. The molecule has 1 rings (SSSR count). The van der Waals surface area contributed by atoms with Crippen LogP contribution in [0.15, 0.2) is 22.2 Å². The van der Waals surface area contributed by atoms with Crippen LogP contribution in [0.4, 0.5) is 0 Å². The molecule has 0 aromatic rings. The number of nitrogens with one attached hydrogen (secondary N) is 1. The fourth-order valence-electron chi connectivity index (χ4n) is 0.573. The highest BCUT2D eigenvalue weighted by Gasteiger charge is 2.10. The van der Waals surface area contributed by atoms with Crippen molar-refractivity contribution in [3.8, 4) is 0 Å². The first-order valence-corrected chi connectivity index (χ1v) is 3.79. The molecule has 1 aliphatic carbocycles. The molecule has 1 nitrogen and oxygen atoms in total. The van der Waals surface area contributed by atoms with E-state index in [1.54, 1.807) is 0 Å². The average Bonchev–Trinajstić information content (AvgIpc) is 1.82. The molecule has 0 amide bonds. The molecule has 0 radical (unpaired) electrons. The summed E-state index contributed by atoms with van der Waals surface area (Å²) in [4.78, 5) is 0. The number of allylic oxidation sites excluding steroid dienone is 4. The zero-order chi connectivity index (χ0) is 7.72. The second-order valence-corrected chi connectivity index (χ2v) is 3.13. The van der Waals surface area contributed by atoms with Crippen molar-refractivity contribution in [1.29, 1.82) is 5.41 Å². The average molecular weight is 192 g/mol. The van der Waals surface area contributed by atoms with Crippen molar-refractivity contribution >= 4 is 43.1 Å². The summed E-state index contributed by atoms with van der Waals surface area (Å²) in [5.74, 6) is 0. The first kappa shape index (κ1) is 8.00. The van der Waals surface area contributed by atoms with Crippen molar-refractivity contribution in [2.24, 2.45) is 0 Å². The van der Waals surface area contributed by atoms with Crippen LogP contribution >= 0.6 is 32.1 Å². The highest BCUT2D eigenvalue weighted by molar-refractivity contribution is 7.25. The molecule has 52 valence electrons. The first-order valence-electron chi connectivity index (χ1n) is 2.53. The van der Waals surface area contributed by atoms with Gasteiger partial charge in [0.15, 0.2) is 0 Å². The second-order valence-electron chi connectivity index (χ2n) is 1.81. The fourth-order valence-corrected chi connectivity index (χ4v) is 1.20. The number of halogens is 2. The van der Waals surface area contributed by atoms with Gasteiger partial charge in [0, 0.05) is 5.29 Å². The molecular weight excluding hydrogens is 188 g/mol. The third-order valence-electron chi connectivity index (χ3n) is 1.04. The lowest BCUT2D eigenvalue weighted by molar-refractivity contribution is 1.53. The zero-order valence-corrected chi connectivity index (χ0v) is 7.42. The summed E-state index contributed by atoms with van der Waals surface area (Å²) < 4.78 is 0. The molecule has 0 aliphatic heterocycles. The van der Waals surface area contributed by atoms with Gasteiger partial charge in [0.2, 0.25) is 0 Å². The van der Waals surface area contributed by atoms with Crippen molar-refractivity contribution < 1.29 is 0 Å². The van der Waals surface area contributed by atoms with Gasteiger partial charge in [-0.1, -0.05) is 23.2 Å². The highest BCUT2D eigenvalue weighted by Crippen LogP contribution is 2.21. The predicted octanol–water partition coefficient (Wildman–Crippen LogP) is 2.58. The van der Waals surface area contributed by atoms with Gasteiger partial charge in [0.1, 0.15) is 0 Å². The minimum Gasteiger partial charge on any atom is -0.301 e. The fraction of sp³-hybridized carbons (Fsp3) is 0. The summed E-state index contributed by atoms with van der Waals surface area (Å²) in [6, 6.07) is 0. The quantitative estimate of drug-likeness (QED) is 0.570. The molecule has 0 unspecified atom stereocenters. The SMILES string of the molecule is N=C1C=C(Cl)C(=P)C(Cl)=C1. The second kappa shape index (κ2) is 2.87.